The van der Waals surface area contributed by atoms with E-state index in [9.17, 15) is 18.0 Å². The molecule has 1 aromatic heterocycles. The number of hydrogen-bond acceptors (Lipinski definition) is 3. The molecule has 2 aromatic carbocycles. The zero-order valence-corrected chi connectivity index (χ0v) is 12.1. The maximum absolute atomic E-state index is 12.7. The minimum Gasteiger partial charge on any atom is -0.308 e. The van der Waals surface area contributed by atoms with Gasteiger partial charge in [0.05, 0.1) is 16.6 Å². The van der Waals surface area contributed by atoms with Gasteiger partial charge in [-0.25, -0.2) is 4.79 Å². The number of alkyl halides is 3. The summed E-state index contributed by atoms with van der Waals surface area (Å²) in [6, 6.07) is 8.68. The summed E-state index contributed by atoms with van der Waals surface area (Å²) in [5.41, 5.74) is 0.923. The predicted octanol–water partition coefficient (Wildman–Crippen LogP) is 4.29. The molecule has 0 aliphatic heterocycles. The van der Waals surface area contributed by atoms with Crippen LogP contribution >= 0.6 is 0 Å². The van der Waals surface area contributed by atoms with Crippen molar-refractivity contribution in [3.8, 4) is 0 Å². The van der Waals surface area contributed by atoms with E-state index in [-0.39, 0.29) is 5.69 Å². The fourth-order valence-electron chi connectivity index (χ4n) is 2.11. The summed E-state index contributed by atoms with van der Waals surface area (Å²) < 4.78 is 38.0. The van der Waals surface area contributed by atoms with E-state index >= 15 is 0 Å². The van der Waals surface area contributed by atoms with Gasteiger partial charge in [0, 0.05) is 23.8 Å². The summed E-state index contributed by atoms with van der Waals surface area (Å²) >= 11 is 0. The van der Waals surface area contributed by atoms with Crippen molar-refractivity contribution in [3.63, 3.8) is 0 Å². The second-order valence-corrected chi connectivity index (χ2v) is 4.92. The van der Waals surface area contributed by atoms with Crippen molar-refractivity contribution in [2.45, 2.75) is 6.18 Å². The minimum atomic E-state index is -4.47. The first-order valence-electron chi connectivity index (χ1n) is 6.88. The predicted molar refractivity (Wildman–Crippen MR) is 83.6 cm³/mol. The van der Waals surface area contributed by atoms with Crippen LogP contribution in [0, 0.1) is 0 Å². The number of nitrogens with one attached hydrogen (secondary N) is 2. The van der Waals surface area contributed by atoms with Gasteiger partial charge in [-0.05, 0) is 36.4 Å². The van der Waals surface area contributed by atoms with Gasteiger partial charge in [-0.1, -0.05) is 6.07 Å². The first-order valence-corrected chi connectivity index (χ1v) is 6.88. The third-order valence-electron chi connectivity index (χ3n) is 3.17. The summed E-state index contributed by atoms with van der Waals surface area (Å²) in [6.45, 7) is 0. The van der Waals surface area contributed by atoms with E-state index in [0.29, 0.717) is 16.7 Å². The van der Waals surface area contributed by atoms with E-state index in [2.05, 4.69) is 20.6 Å². The molecule has 5 nitrogen and oxygen atoms in total. The molecule has 0 aliphatic carbocycles. The lowest BCUT2D eigenvalue weighted by Crippen LogP contribution is -2.19. The lowest BCUT2D eigenvalue weighted by Gasteiger charge is -2.11. The summed E-state index contributed by atoms with van der Waals surface area (Å²) in [5.74, 6) is 0. The summed E-state index contributed by atoms with van der Waals surface area (Å²) in [7, 11) is 0. The molecule has 122 valence electrons. The lowest BCUT2D eigenvalue weighted by atomic mass is 10.2. The van der Waals surface area contributed by atoms with E-state index < -0.39 is 17.8 Å². The van der Waals surface area contributed by atoms with E-state index in [0.717, 1.165) is 12.1 Å². The van der Waals surface area contributed by atoms with Crippen molar-refractivity contribution in [1.82, 2.24) is 9.97 Å². The van der Waals surface area contributed by atoms with Gasteiger partial charge in [0.25, 0.3) is 0 Å². The maximum Gasteiger partial charge on any atom is 0.416 e. The standard InChI is InChI=1S/C16H11F3N4O/c17-16(18,19)10-2-1-3-11(8-10)22-15(24)23-12-4-5-13-14(9-12)21-7-6-20-13/h1-9H,(H2,22,23,24). The molecule has 0 spiro atoms. The first kappa shape index (κ1) is 15.7. The fourth-order valence-corrected chi connectivity index (χ4v) is 2.11. The van der Waals surface area contributed by atoms with E-state index in [1.807, 2.05) is 0 Å². The number of amides is 2. The van der Waals surface area contributed by atoms with Gasteiger partial charge in [-0.15, -0.1) is 0 Å². The number of anilines is 2. The number of aromatic nitrogens is 2. The SMILES string of the molecule is O=C(Nc1cccc(C(F)(F)F)c1)Nc1ccc2nccnc2c1. The fraction of sp³-hybridized carbons (Fsp3) is 0.0625. The molecule has 3 aromatic rings. The van der Waals surface area contributed by atoms with Crippen LogP contribution < -0.4 is 10.6 Å². The third-order valence-corrected chi connectivity index (χ3v) is 3.17. The average molecular weight is 332 g/mol. The van der Waals surface area contributed by atoms with Crippen molar-refractivity contribution in [2.24, 2.45) is 0 Å². The number of halogens is 3. The highest BCUT2D eigenvalue weighted by atomic mass is 19.4. The van der Waals surface area contributed by atoms with Crippen LogP contribution in [-0.2, 0) is 6.18 Å². The van der Waals surface area contributed by atoms with E-state index in [4.69, 9.17) is 0 Å². The second-order valence-electron chi connectivity index (χ2n) is 4.92. The molecule has 0 fully saturated rings. The summed E-state index contributed by atoms with van der Waals surface area (Å²) in [4.78, 5) is 20.2. The molecule has 0 saturated carbocycles. The molecular formula is C16H11F3N4O. The quantitative estimate of drug-likeness (QED) is 0.735. The Balaban J connectivity index is 1.73. The largest absolute Gasteiger partial charge is 0.416 e. The highest BCUT2D eigenvalue weighted by Crippen LogP contribution is 2.30. The van der Waals surface area contributed by atoms with Crippen molar-refractivity contribution in [3.05, 3.63) is 60.4 Å². The molecule has 0 atom stereocenters. The topological polar surface area (TPSA) is 66.9 Å². The zero-order valence-electron chi connectivity index (χ0n) is 12.1. The Hall–Kier alpha value is -3.16. The van der Waals surface area contributed by atoms with Crippen LogP contribution in [0.25, 0.3) is 11.0 Å². The van der Waals surface area contributed by atoms with Crippen LogP contribution in [-0.4, -0.2) is 16.0 Å². The number of fused-ring (bicyclic) bond motifs is 1. The number of urea groups is 1. The molecule has 0 bridgehead atoms. The lowest BCUT2D eigenvalue weighted by molar-refractivity contribution is -0.137. The zero-order chi connectivity index (χ0) is 17.2. The van der Waals surface area contributed by atoms with Gasteiger partial charge in [-0.2, -0.15) is 13.2 Å². The van der Waals surface area contributed by atoms with Crippen LogP contribution in [0.4, 0.5) is 29.3 Å². The summed E-state index contributed by atoms with van der Waals surface area (Å²) in [5, 5.41) is 4.91. The Bertz CT molecular complexity index is 896. The molecular weight excluding hydrogens is 321 g/mol. The minimum absolute atomic E-state index is 0.0444. The Morgan fingerprint density at radius 3 is 2.25 bits per heavy atom. The number of hydrogen-bond donors (Lipinski definition) is 2. The van der Waals surface area contributed by atoms with Gasteiger partial charge < -0.3 is 10.6 Å². The van der Waals surface area contributed by atoms with Crippen LogP contribution in [0.15, 0.2) is 54.9 Å². The van der Waals surface area contributed by atoms with Crippen molar-refractivity contribution in [1.29, 1.82) is 0 Å². The van der Waals surface area contributed by atoms with Crippen LogP contribution in [0.1, 0.15) is 5.56 Å². The third kappa shape index (κ3) is 3.60. The molecule has 0 aliphatic rings. The van der Waals surface area contributed by atoms with Gasteiger partial charge in [-0.3, -0.25) is 9.97 Å². The molecule has 0 radical (unpaired) electrons. The molecule has 2 N–H and O–H groups in total. The van der Waals surface area contributed by atoms with E-state index in [1.54, 1.807) is 24.4 Å². The van der Waals surface area contributed by atoms with Gasteiger partial charge in [0.15, 0.2) is 0 Å². The maximum atomic E-state index is 12.7. The molecule has 8 heteroatoms. The van der Waals surface area contributed by atoms with Crippen molar-refractivity contribution < 1.29 is 18.0 Å². The first-order chi connectivity index (χ1) is 11.4. The van der Waals surface area contributed by atoms with Crippen LogP contribution in [0.3, 0.4) is 0 Å². The number of carbonyl (C=O) groups is 1. The Morgan fingerprint density at radius 1 is 0.875 bits per heavy atom. The molecule has 1 heterocycles. The smallest absolute Gasteiger partial charge is 0.308 e. The van der Waals surface area contributed by atoms with Crippen molar-refractivity contribution >= 4 is 28.4 Å². The van der Waals surface area contributed by atoms with Gasteiger partial charge >= 0.3 is 12.2 Å². The Kier molecular flexibility index (Phi) is 4.03. The number of rotatable bonds is 2. The highest BCUT2D eigenvalue weighted by Gasteiger charge is 2.30. The normalized spacial score (nSPS) is 11.3. The van der Waals surface area contributed by atoms with Gasteiger partial charge in [0.1, 0.15) is 0 Å². The Morgan fingerprint density at radius 2 is 1.54 bits per heavy atom. The molecule has 2 amide bonds. The van der Waals surface area contributed by atoms with Crippen LogP contribution in [0.5, 0.6) is 0 Å². The average Bonchev–Trinajstić information content (AvgIpc) is 2.54. The molecule has 0 saturated heterocycles. The second kappa shape index (κ2) is 6.15. The van der Waals surface area contributed by atoms with Gasteiger partial charge in [0.2, 0.25) is 0 Å². The van der Waals surface area contributed by atoms with Crippen molar-refractivity contribution in [2.75, 3.05) is 10.6 Å². The number of nitrogens with zero attached hydrogens (tertiary/aromatic N) is 2. The molecule has 3 rings (SSSR count). The molecule has 24 heavy (non-hydrogen) atoms. The summed E-state index contributed by atoms with van der Waals surface area (Å²) in [6.07, 6.45) is -1.39. The Labute approximate surface area is 134 Å². The number of benzene rings is 2. The number of carbonyl (C=O) groups excluding carboxylic acids is 1. The monoisotopic (exact) mass is 332 g/mol. The van der Waals surface area contributed by atoms with Crippen LogP contribution in [0.2, 0.25) is 0 Å². The molecule has 0 unspecified atom stereocenters. The van der Waals surface area contributed by atoms with E-state index in [1.165, 1.54) is 18.3 Å². The highest BCUT2D eigenvalue weighted by molar-refractivity contribution is 6.00.